The fraction of sp³-hybridized carbons (Fsp3) is 0.632. The summed E-state index contributed by atoms with van der Waals surface area (Å²) in [6, 6.07) is 3.50. The second-order valence-electron chi connectivity index (χ2n) is 7.67. The van der Waals surface area contributed by atoms with Crippen molar-refractivity contribution in [3.8, 4) is 0 Å². The molecule has 2 aliphatic rings. The summed E-state index contributed by atoms with van der Waals surface area (Å²) in [5.41, 5.74) is 0.237. The standard InChI is InChI=1S/C19H27FN2O3S/c1-13(2)21-26(24,25)18-12-15(9-10-16(18)20)19(23)22-11-5-8-17(22)14-6-3-4-7-14/h9-10,12-14,17,21H,3-8,11H2,1-2H3. The molecule has 1 saturated carbocycles. The van der Waals surface area contributed by atoms with Crippen molar-refractivity contribution in [1.29, 1.82) is 0 Å². The van der Waals surface area contributed by atoms with Crippen molar-refractivity contribution in [2.45, 2.75) is 69.4 Å². The molecule has 1 aromatic rings. The third-order valence-electron chi connectivity index (χ3n) is 5.36. The van der Waals surface area contributed by atoms with E-state index in [0.29, 0.717) is 12.5 Å². The largest absolute Gasteiger partial charge is 0.335 e. The molecule has 7 heteroatoms. The fourth-order valence-electron chi connectivity index (χ4n) is 4.26. The second kappa shape index (κ2) is 7.64. The molecule has 0 aromatic heterocycles. The maximum absolute atomic E-state index is 14.1. The van der Waals surface area contributed by atoms with E-state index in [1.54, 1.807) is 13.8 Å². The van der Waals surface area contributed by atoms with Gasteiger partial charge in [0.1, 0.15) is 10.7 Å². The maximum Gasteiger partial charge on any atom is 0.254 e. The van der Waals surface area contributed by atoms with E-state index in [1.165, 1.54) is 25.0 Å². The van der Waals surface area contributed by atoms with Crippen LogP contribution in [0.4, 0.5) is 4.39 Å². The smallest absolute Gasteiger partial charge is 0.254 e. The molecule has 0 radical (unpaired) electrons. The highest BCUT2D eigenvalue weighted by atomic mass is 32.2. The number of amides is 1. The minimum Gasteiger partial charge on any atom is -0.335 e. The van der Waals surface area contributed by atoms with Gasteiger partial charge in [0, 0.05) is 24.2 Å². The number of benzene rings is 1. The fourth-order valence-corrected chi connectivity index (χ4v) is 5.61. The van der Waals surface area contributed by atoms with E-state index >= 15 is 0 Å². The van der Waals surface area contributed by atoms with Gasteiger partial charge in [-0.05, 0) is 63.6 Å². The monoisotopic (exact) mass is 382 g/mol. The molecule has 0 spiro atoms. The molecule has 1 aliphatic carbocycles. The Labute approximate surface area is 155 Å². The molecule has 1 unspecified atom stereocenters. The van der Waals surface area contributed by atoms with Gasteiger partial charge >= 0.3 is 0 Å². The van der Waals surface area contributed by atoms with Crippen molar-refractivity contribution in [2.75, 3.05) is 6.54 Å². The molecule has 1 atom stereocenters. The van der Waals surface area contributed by atoms with Gasteiger partial charge in [0.05, 0.1) is 0 Å². The molecule has 1 saturated heterocycles. The van der Waals surface area contributed by atoms with Crippen LogP contribution < -0.4 is 4.72 Å². The third-order valence-corrected chi connectivity index (χ3v) is 7.04. The van der Waals surface area contributed by atoms with Crippen LogP contribution in [0.25, 0.3) is 0 Å². The lowest BCUT2D eigenvalue weighted by Crippen LogP contribution is -2.39. The minimum absolute atomic E-state index is 0.194. The summed E-state index contributed by atoms with van der Waals surface area (Å²) < 4.78 is 41.2. The second-order valence-corrected chi connectivity index (χ2v) is 9.36. The van der Waals surface area contributed by atoms with Crippen LogP contribution in [-0.2, 0) is 10.0 Å². The number of hydrogen-bond donors (Lipinski definition) is 1. The molecule has 1 aromatic carbocycles. The first-order chi connectivity index (χ1) is 12.3. The Bertz CT molecular complexity index is 773. The summed E-state index contributed by atoms with van der Waals surface area (Å²) in [5.74, 6) is -0.503. The van der Waals surface area contributed by atoms with E-state index in [-0.39, 0.29) is 23.6 Å². The first-order valence-corrected chi connectivity index (χ1v) is 10.9. The van der Waals surface area contributed by atoms with Crippen LogP contribution in [0.2, 0.25) is 0 Å². The van der Waals surface area contributed by atoms with Crippen molar-refractivity contribution < 1.29 is 17.6 Å². The van der Waals surface area contributed by atoms with Gasteiger partial charge in [-0.1, -0.05) is 12.8 Å². The van der Waals surface area contributed by atoms with Crippen molar-refractivity contribution in [1.82, 2.24) is 9.62 Å². The van der Waals surface area contributed by atoms with Gasteiger partial charge in [0.2, 0.25) is 10.0 Å². The average Bonchev–Trinajstić information content (AvgIpc) is 3.24. The van der Waals surface area contributed by atoms with Crippen molar-refractivity contribution in [3.05, 3.63) is 29.6 Å². The predicted octanol–water partition coefficient (Wildman–Crippen LogP) is 3.31. The van der Waals surface area contributed by atoms with Crippen LogP contribution in [0, 0.1) is 11.7 Å². The highest BCUT2D eigenvalue weighted by Crippen LogP contribution is 2.36. The Balaban J connectivity index is 1.87. The van der Waals surface area contributed by atoms with Crippen LogP contribution in [-0.4, -0.2) is 37.9 Å². The van der Waals surface area contributed by atoms with E-state index in [1.807, 2.05) is 4.90 Å². The number of carbonyl (C=O) groups is 1. The zero-order valence-electron chi connectivity index (χ0n) is 15.4. The zero-order valence-corrected chi connectivity index (χ0v) is 16.2. The minimum atomic E-state index is -3.99. The van der Waals surface area contributed by atoms with Gasteiger partial charge in [-0.3, -0.25) is 4.79 Å². The van der Waals surface area contributed by atoms with Gasteiger partial charge in [0.15, 0.2) is 0 Å². The topological polar surface area (TPSA) is 66.5 Å². The highest BCUT2D eigenvalue weighted by molar-refractivity contribution is 7.89. The number of hydrogen-bond acceptors (Lipinski definition) is 3. The summed E-state index contributed by atoms with van der Waals surface area (Å²) >= 11 is 0. The van der Waals surface area contributed by atoms with E-state index in [0.717, 1.165) is 31.7 Å². The summed E-state index contributed by atoms with van der Waals surface area (Å²) in [6.07, 6.45) is 6.68. The lowest BCUT2D eigenvalue weighted by atomic mass is 9.95. The lowest BCUT2D eigenvalue weighted by molar-refractivity contribution is 0.0688. The van der Waals surface area contributed by atoms with E-state index in [9.17, 15) is 17.6 Å². The van der Waals surface area contributed by atoms with Crippen LogP contribution in [0.1, 0.15) is 62.7 Å². The Morgan fingerprint density at radius 3 is 2.54 bits per heavy atom. The van der Waals surface area contributed by atoms with Gasteiger partial charge in [-0.15, -0.1) is 0 Å². The molecule has 2 fully saturated rings. The normalized spacial score (nSPS) is 21.7. The van der Waals surface area contributed by atoms with Crippen molar-refractivity contribution in [2.24, 2.45) is 5.92 Å². The predicted molar refractivity (Wildman–Crippen MR) is 97.9 cm³/mol. The van der Waals surface area contributed by atoms with Gasteiger partial charge < -0.3 is 4.90 Å². The number of halogens is 1. The molecule has 1 heterocycles. The SMILES string of the molecule is CC(C)NS(=O)(=O)c1cc(C(=O)N2CCCC2C2CCCC2)ccc1F. The summed E-state index contributed by atoms with van der Waals surface area (Å²) in [4.78, 5) is 14.4. The maximum atomic E-state index is 14.1. The molecular weight excluding hydrogens is 355 g/mol. The Kier molecular flexibility index (Phi) is 5.67. The average molecular weight is 383 g/mol. The van der Waals surface area contributed by atoms with E-state index in [2.05, 4.69) is 4.72 Å². The van der Waals surface area contributed by atoms with E-state index < -0.39 is 20.7 Å². The van der Waals surface area contributed by atoms with Crippen LogP contribution in [0.5, 0.6) is 0 Å². The molecule has 5 nitrogen and oxygen atoms in total. The molecule has 0 bridgehead atoms. The molecular formula is C19H27FN2O3S. The summed E-state index contributed by atoms with van der Waals surface area (Å²) in [6.45, 7) is 4.02. The Morgan fingerprint density at radius 2 is 1.88 bits per heavy atom. The summed E-state index contributed by atoms with van der Waals surface area (Å²) in [5, 5.41) is 0. The summed E-state index contributed by atoms with van der Waals surface area (Å²) in [7, 11) is -3.99. The Hall–Kier alpha value is -1.47. The number of nitrogens with zero attached hydrogens (tertiary/aromatic N) is 1. The first-order valence-electron chi connectivity index (χ1n) is 9.42. The van der Waals surface area contributed by atoms with Gasteiger partial charge in [-0.2, -0.15) is 0 Å². The van der Waals surface area contributed by atoms with E-state index in [4.69, 9.17) is 0 Å². The number of carbonyl (C=O) groups excluding carboxylic acids is 1. The van der Waals surface area contributed by atoms with Gasteiger partial charge in [-0.25, -0.2) is 17.5 Å². The quantitative estimate of drug-likeness (QED) is 0.850. The Morgan fingerprint density at radius 1 is 1.19 bits per heavy atom. The van der Waals surface area contributed by atoms with Crippen molar-refractivity contribution in [3.63, 3.8) is 0 Å². The number of nitrogens with one attached hydrogen (secondary N) is 1. The number of sulfonamides is 1. The van der Waals surface area contributed by atoms with Crippen LogP contribution >= 0.6 is 0 Å². The number of likely N-dealkylation sites (tertiary alicyclic amines) is 1. The lowest BCUT2D eigenvalue weighted by Gasteiger charge is -2.29. The highest BCUT2D eigenvalue weighted by Gasteiger charge is 2.36. The van der Waals surface area contributed by atoms with Crippen LogP contribution in [0.15, 0.2) is 23.1 Å². The van der Waals surface area contributed by atoms with Crippen molar-refractivity contribution >= 4 is 15.9 Å². The number of rotatable bonds is 5. The molecule has 144 valence electrons. The van der Waals surface area contributed by atoms with Gasteiger partial charge in [0.25, 0.3) is 5.91 Å². The molecule has 1 amide bonds. The first kappa shape index (κ1) is 19.3. The zero-order chi connectivity index (χ0) is 18.9. The molecule has 1 N–H and O–H groups in total. The molecule has 3 rings (SSSR count). The molecule has 26 heavy (non-hydrogen) atoms. The third kappa shape index (κ3) is 3.93. The van der Waals surface area contributed by atoms with Crippen LogP contribution in [0.3, 0.4) is 0 Å². The molecule has 1 aliphatic heterocycles.